The number of ether oxygens (including phenoxy) is 2. The molecule has 0 unspecified atom stereocenters. The number of carboxylic acids is 2. The molecule has 0 radical (unpaired) electrons. The molecule has 6 nitrogen and oxygen atoms in total. The largest absolute Gasteiger partial charge is 0.481 e. The lowest BCUT2D eigenvalue weighted by molar-refractivity contribution is -0.159. The van der Waals surface area contributed by atoms with Crippen LogP contribution in [-0.4, -0.2) is 42.7 Å². The van der Waals surface area contributed by atoms with Gasteiger partial charge in [-0.1, -0.05) is 0 Å². The molecule has 0 aliphatic heterocycles. The molecule has 0 rings (SSSR count). The highest BCUT2D eigenvalue weighted by Crippen LogP contribution is 1.97. The van der Waals surface area contributed by atoms with Gasteiger partial charge in [0.2, 0.25) is 0 Å². The first kappa shape index (κ1) is 10.9. The van der Waals surface area contributed by atoms with E-state index >= 15 is 0 Å². The minimum atomic E-state index is -1.53. The molecule has 0 aromatic carbocycles. The Morgan fingerprint density at radius 3 is 2.17 bits per heavy atom. The third-order valence-electron chi connectivity index (χ3n) is 1.08. The highest BCUT2D eigenvalue weighted by molar-refractivity contribution is 5.92. The lowest BCUT2D eigenvalue weighted by Crippen LogP contribution is -2.28. The molecule has 0 atom stereocenters. The zero-order valence-corrected chi connectivity index (χ0v) is 6.52. The predicted octanol–water partition coefficient (Wildman–Crippen LogP) is -0.608. The van der Waals surface area contributed by atoms with Crippen LogP contribution in [0, 0.1) is 5.92 Å². The van der Waals surface area contributed by atoms with Gasteiger partial charge in [0.25, 0.3) is 0 Å². The van der Waals surface area contributed by atoms with E-state index in [9.17, 15) is 9.59 Å². The van der Waals surface area contributed by atoms with Gasteiger partial charge in [-0.3, -0.25) is 9.59 Å². The third kappa shape index (κ3) is 3.89. The maximum atomic E-state index is 10.2. The molecule has 0 fully saturated rings. The summed E-state index contributed by atoms with van der Waals surface area (Å²) in [7, 11) is 1.36. The fourth-order valence-corrected chi connectivity index (χ4v) is 0.498. The Morgan fingerprint density at radius 1 is 1.33 bits per heavy atom. The molecule has 0 saturated heterocycles. The van der Waals surface area contributed by atoms with Gasteiger partial charge >= 0.3 is 11.9 Å². The topological polar surface area (TPSA) is 93.1 Å². The van der Waals surface area contributed by atoms with Crippen molar-refractivity contribution in [2.75, 3.05) is 20.5 Å². The van der Waals surface area contributed by atoms with Crippen LogP contribution in [0.5, 0.6) is 0 Å². The van der Waals surface area contributed by atoms with E-state index in [2.05, 4.69) is 9.47 Å². The molecule has 0 aliphatic rings. The van der Waals surface area contributed by atoms with E-state index in [1.54, 1.807) is 0 Å². The van der Waals surface area contributed by atoms with Gasteiger partial charge in [0.05, 0.1) is 6.61 Å². The predicted molar refractivity (Wildman–Crippen MR) is 36.6 cm³/mol. The van der Waals surface area contributed by atoms with Gasteiger partial charge in [-0.05, 0) is 0 Å². The molecule has 70 valence electrons. The van der Waals surface area contributed by atoms with Gasteiger partial charge in [-0.2, -0.15) is 0 Å². The van der Waals surface area contributed by atoms with Crippen molar-refractivity contribution in [3.63, 3.8) is 0 Å². The second-order valence-electron chi connectivity index (χ2n) is 2.01. The quantitative estimate of drug-likeness (QED) is 0.320. The van der Waals surface area contributed by atoms with Crippen LogP contribution in [0.2, 0.25) is 0 Å². The van der Waals surface area contributed by atoms with E-state index in [0.29, 0.717) is 0 Å². The molecule has 0 amide bonds. The maximum absolute atomic E-state index is 10.2. The number of rotatable bonds is 6. The Morgan fingerprint density at radius 2 is 1.83 bits per heavy atom. The molecule has 6 heteroatoms. The van der Waals surface area contributed by atoms with Gasteiger partial charge in [0.1, 0.15) is 6.79 Å². The average Bonchev–Trinajstić information content (AvgIpc) is 1.96. The molecule has 0 spiro atoms. The number of hydrogen-bond donors (Lipinski definition) is 2. The Balaban J connectivity index is 3.80. The standard InChI is InChI=1S/C6H10O6/c1-11-3-12-2-4(5(7)8)6(9)10/h4H,2-3H2,1H3,(H,7,8)(H,9,10). The van der Waals surface area contributed by atoms with E-state index in [1.165, 1.54) is 7.11 Å². The van der Waals surface area contributed by atoms with Crippen molar-refractivity contribution in [2.24, 2.45) is 5.92 Å². The summed E-state index contributed by atoms with van der Waals surface area (Å²) >= 11 is 0. The van der Waals surface area contributed by atoms with Crippen LogP contribution in [-0.2, 0) is 19.1 Å². The van der Waals surface area contributed by atoms with Crippen LogP contribution in [0.4, 0.5) is 0 Å². The lowest BCUT2D eigenvalue weighted by atomic mass is 10.2. The molecule has 0 saturated carbocycles. The fourth-order valence-electron chi connectivity index (χ4n) is 0.498. The summed E-state index contributed by atoms with van der Waals surface area (Å²) in [5.74, 6) is -4.36. The third-order valence-corrected chi connectivity index (χ3v) is 1.08. The molecule has 0 bridgehead atoms. The van der Waals surface area contributed by atoms with Crippen molar-refractivity contribution >= 4 is 11.9 Å². The first-order chi connectivity index (χ1) is 5.59. The summed E-state index contributed by atoms with van der Waals surface area (Å²) in [5.41, 5.74) is 0. The number of aliphatic carboxylic acids is 2. The van der Waals surface area contributed by atoms with Crippen LogP contribution >= 0.6 is 0 Å². The minimum Gasteiger partial charge on any atom is -0.481 e. The Kier molecular flexibility index (Phi) is 4.98. The van der Waals surface area contributed by atoms with Crippen molar-refractivity contribution in [1.29, 1.82) is 0 Å². The van der Waals surface area contributed by atoms with Crippen molar-refractivity contribution < 1.29 is 29.3 Å². The molecule has 2 N–H and O–H groups in total. The van der Waals surface area contributed by atoms with Crippen LogP contribution in [0.3, 0.4) is 0 Å². The number of carboxylic acid groups (broad SMARTS) is 2. The van der Waals surface area contributed by atoms with Crippen molar-refractivity contribution in [2.45, 2.75) is 0 Å². The van der Waals surface area contributed by atoms with E-state index in [4.69, 9.17) is 10.2 Å². The smallest absolute Gasteiger partial charge is 0.320 e. The van der Waals surface area contributed by atoms with Gasteiger partial charge in [0.15, 0.2) is 5.92 Å². The number of methoxy groups -OCH3 is 1. The Hall–Kier alpha value is -1.14. The van der Waals surface area contributed by atoms with E-state index in [-0.39, 0.29) is 6.79 Å². The summed E-state index contributed by atoms with van der Waals surface area (Å²) in [5, 5.41) is 16.7. The van der Waals surface area contributed by atoms with E-state index in [0.717, 1.165) is 0 Å². The van der Waals surface area contributed by atoms with Gasteiger partial charge in [0, 0.05) is 7.11 Å². The van der Waals surface area contributed by atoms with Gasteiger partial charge in [-0.25, -0.2) is 0 Å². The Bertz CT molecular complexity index is 151. The van der Waals surface area contributed by atoms with Gasteiger partial charge < -0.3 is 19.7 Å². The normalized spacial score (nSPS) is 10.2. The van der Waals surface area contributed by atoms with Crippen LogP contribution in [0.25, 0.3) is 0 Å². The van der Waals surface area contributed by atoms with Crippen LogP contribution in [0.1, 0.15) is 0 Å². The zero-order valence-electron chi connectivity index (χ0n) is 6.52. The van der Waals surface area contributed by atoms with Crippen molar-refractivity contribution in [1.82, 2.24) is 0 Å². The molecular weight excluding hydrogens is 168 g/mol. The van der Waals surface area contributed by atoms with Crippen molar-refractivity contribution in [3.05, 3.63) is 0 Å². The average molecular weight is 178 g/mol. The SMILES string of the molecule is COCOCC(C(=O)O)C(=O)O. The molecule has 0 aromatic heterocycles. The molecule has 12 heavy (non-hydrogen) atoms. The highest BCUT2D eigenvalue weighted by Gasteiger charge is 2.25. The molecule has 0 heterocycles. The monoisotopic (exact) mass is 178 g/mol. The summed E-state index contributed by atoms with van der Waals surface area (Å²) < 4.78 is 9.03. The van der Waals surface area contributed by atoms with Crippen LogP contribution in [0.15, 0.2) is 0 Å². The molecule has 0 aromatic rings. The maximum Gasteiger partial charge on any atom is 0.320 e. The summed E-state index contributed by atoms with van der Waals surface area (Å²) in [6.45, 7) is -0.504. The number of hydrogen-bond acceptors (Lipinski definition) is 4. The summed E-state index contributed by atoms with van der Waals surface area (Å²) in [6, 6.07) is 0. The van der Waals surface area contributed by atoms with Crippen LogP contribution < -0.4 is 0 Å². The fraction of sp³-hybridized carbons (Fsp3) is 0.667. The zero-order chi connectivity index (χ0) is 9.56. The first-order valence-electron chi connectivity index (χ1n) is 3.12. The summed E-state index contributed by atoms with van der Waals surface area (Å²) in [4.78, 5) is 20.5. The molecular formula is C6H10O6. The van der Waals surface area contributed by atoms with Crippen molar-refractivity contribution in [3.8, 4) is 0 Å². The molecule has 0 aliphatic carbocycles. The number of carbonyl (C=O) groups is 2. The summed E-state index contributed by atoms with van der Waals surface area (Å²) in [6.07, 6.45) is 0. The lowest BCUT2D eigenvalue weighted by Gasteiger charge is -2.06. The van der Waals surface area contributed by atoms with E-state index < -0.39 is 24.5 Å². The second kappa shape index (κ2) is 5.50. The second-order valence-corrected chi connectivity index (χ2v) is 2.01. The van der Waals surface area contributed by atoms with E-state index in [1.807, 2.05) is 0 Å². The van der Waals surface area contributed by atoms with Gasteiger partial charge in [-0.15, -0.1) is 0 Å². The highest BCUT2D eigenvalue weighted by atomic mass is 16.7. The Labute approximate surface area is 68.7 Å². The minimum absolute atomic E-state index is 0.114. The first-order valence-corrected chi connectivity index (χ1v) is 3.12.